The molecular formula is C16H31N3O. The van der Waals surface area contributed by atoms with E-state index in [1.807, 2.05) is 0 Å². The average Bonchev–Trinajstić information content (AvgIpc) is 2.90. The third-order valence-corrected chi connectivity index (χ3v) is 4.65. The first-order chi connectivity index (χ1) is 9.40. The lowest BCUT2D eigenvalue weighted by Crippen LogP contribution is -2.54. The number of amides is 1. The van der Waals surface area contributed by atoms with Crippen molar-refractivity contribution in [3.8, 4) is 0 Å². The SMILES string of the molecule is CC(C)CC(C)(C)C(=O)N1CCN(C2CCNC2)CC1. The number of carbonyl (C=O) groups is 1. The van der Waals surface area contributed by atoms with Crippen molar-refractivity contribution >= 4 is 5.91 Å². The Morgan fingerprint density at radius 3 is 2.40 bits per heavy atom. The summed E-state index contributed by atoms with van der Waals surface area (Å²) in [5.41, 5.74) is -0.217. The first kappa shape index (κ1) is 15.8. The third kappa shape index (κ3) is 3.73. The van der Waals surface area contributed by atoms with Crippen molar-refractivity contribution in [2.45, 2.75) is 46.6 Å². The van der Waals surface area contributed by atoms with Crippen molar-refractivity contribution in [1.82, 2.24) is 15.1 Å². The van der Waals surface area contributed by atoms with Crippen molar-refractivity contribution in [1.29, 1.82) is 0 Å². The van der Waals surface area contributed by atoms with E-state index in [2.05, 4.69) is 42.8 Å². The Morgan fingerprint density at radius 1 is 1.25 bits per heavy atom. The van der Waals surface area contributed by atoms with E-state index in [9.17, 15) is 4.79 Å². The predicted molar refractivity (Wildman–Crippen MR) is 82.7 cm³/mol. The Morgan fingerprint density at radius 2 is 1.90 bits per heavy atom. The second-order valence-electron chi connectivity index (χ2n) is 7.46. The Labute approximate surface area is 123 Å². The molecule has 0 radical (unpaired) electrons. The van der Waals surface area contributed by atoms with Gasteiger partial charge in [-0.1, -0.05) is 27.7 Å². The predicted octanol–water partition coefficient (Wildman–Crippen LogP) is 1.56. The first-order valence-electron chi connectivity index (χ1n) is 8.14. The molecule has 4 nitrogen and oxygen atoms in total. The molecule has 0 saturated carbocycles. The third-order valence-electron chi connectivity index (χ3n) is 4.65. The highest BCUT2D eigenvalue weighted by molar-refractivity contribution is 5.82. The summed E-state index contributed by atoms with van der Waals surface area (Å²) in [5.74, 6) is 0.912. The molecule has 116 valence electrons. The van der Waals surface area contributed by atoms with Crippen LogP contribution < -0.4 is 5.32 Å². The zero-order valence-electron chi connectivity index (χ0n) is 13.6. The van der Waals surface area contributed by atoms with Gasteiger partial charge in [0.05, 0.1) is 0 Å². The summed E-state index contributed by atoms with van der Waals surface area (Å²) in [4.78, 5) is 17.3. The van der Waals surface area contributed by atoms with Crippen molar-refractivity contribution in [3.05, 3.63) is 0 Å². The minimum atomic E-state index is -0.217. The van der Waals surface area contributed by atoms with E-state index in [0.29, 0.717) is 17.9 Å². The van der Waals surface area contributed by atoms with Gasteiger partial charge in [0.15, 0.2) is 0 Å². The molecule has 20 heavy (non-hydrogen) atoms. The zero-order valence-corrected chi connectivity index (χ0v) is 13.6. The molecule has 4 heteroatoms. The fourth-order valence-corrected chi connectivity index (χ4v) is 3.78. The molecule has 0 aromatic heterocycles. The minimum Gasteiger partial charge on any atom is -0.340 e. The molecule has 2 saturated heterocycles. The van der Waals surface area contributed by atoms with Crippen LogP contribution in [0.3, 0.4) is 0 Å². The summed E-state index contributed by atoms with van der Waals surface area (Å²) in [5, 5.41) is 3.43. The molecular weight excluding hydrogens is 250 g/mol. The van der Waals surface area contributed by atoms with Crippen LogP contribution in [0.15, 0.2) is 0 Å². The zero-order chi connectivity index (χ0) is 14.8. The summed E-state index contributed by atoms with van der Waals surface area (Å²) in [6.07, 6.45) is 2.23. The lowest BCUT2D eigenvalue weighted by atomic mass is 9.82. The van der Waals surface area contributed by atoms with Gasteiger partial charge in [0.1, 0.15) is 0 Å². The molecule has 2 fully saturated rings. The van der Waals surface area contributed by atoms with E-state index in [0.717, 1.165) is 45.7 Å². The van der Waals surface area contributed by atoms with Gasteiger partial charge in [-0.15, -0.1) is 0 Å². The van der Waals surface area contributed by atoms with Crippen LogP contribution in [0.1, 0.15) is 40.5 Å². The largest absolute Gasteiger partial charge is 0.340 e. The molecule has 1 N–H and O–H groups in total. The van der Waals surface area contributed by atoms with Gasteiger partial charge < -0.3 is 10.2 Å². The van der Waals surface area contributed by atoms with Crippen LogP contribution in [0.2, 0.25) is 0 Å². The molecule has 1 unspecified atom stereocenters. The monoisotopic (exact) mass is 281 g/mol. The van der Waals surface area contributed by atoms with E-state index < -0.39 is 0 Å². The topological polar surface area (TPSA) is 35.6 Å². The van der Waals surface area contributed by atoms with E-state index in [4.69, 9.17) is 0 Å². The number of hydrogen-bond acceptors (Lipinski definition) is 3. The first-order valence-corrected chi connectivity index (χ1v) is 8.14. The number of nitrogens with zero attached hydrogens (tertiary/aromatic N) is 2. The van der Waals surface area contributed by atoms with Crippen molar-refractivity contribution < 1.29 is 4.79 Å². The van der Waals surface area contributed by atoms with Crippen LogP contribution in [-0.4, -0.2) is 61.0 Å². The van der Waals surface area contributed by atoms with E-state index in [1.54, 1.807) is 0 Å². The summed E-state index contributed by atoms with van der Waals surface area (Å²) >= 11 is 0. The highest BCUT2D eigenvalue weighted by Gasteiger charge is 2.35. The van der Waals surface area contributed by atoms with Gasteiger partial charge in [-0.2, -0.15) is 0 Å². The summed E-state index contributed by atoms with van der Waals surface area (Å²) < 4.78 is 0. The van der Waals surface area contributed by atoms with E-state index in [1.165, 1.54) is 6.42 Å². The van der Waals surface area contributed by atoms with Gasteiger partial charge in [0.25, 0.3) is 0 Å². The molecule has 0 aromatic rings. The lowest BCUT2D eigenvalue weighted by Gasteiger charge is -2.41. The molecule has 0 aromatic carbocycles. The number of piperazine rings is 1. The maximum atomic E-state index is 12.7. The lowest BCUT2D eigenvalue weighted by molar-refractivity contribution is -0.143. The quantitative estimate of drug-likeness (QED) is 0.849. The Balaban J connectivity index is 1.84. The molecule has 0 bridgehead atoms. The van der Waals surface area contributed by atoms with Crippen LogP contribution >= 0.6 is 0 Å². The van der Waals surface area contributed by atoms with Crippen molar-refractivity contribution in [2.24, 2.45) is 11.3 Å². The van der Waals surface area contributed by atoms with Crippen LogP contribution in [0.4, 0.5) is 0 Å². The Kier molecular flexibility index (Phi) is 5.08. The van der Waals surface area contributed by atoms with Gasteiger partial charge in [-0.3, -0.25) is 9.69 Å². The van der Waals surface area contributed by atoms with Gasteiger partial charge in [-0.25, -0.2) is 0 Å². The fourth-order valence-electron chi connectivity index (χ4n) is 3.78. The van der Waals surface area contributed by atoms with Crippen molar-refractivity contribution in [2.75, 3.05) is 39.3 Å². The summed E-state index contributed by atoms with van der Waals surface area (Å²) in [6.45, 7) is 14.7. The van der Waals surface area contributed by atoms with Crippen molar-refractivity contribution in [3.63, 3.8) is 0 Å². The molecule has 1 atom stereocenters. The van der Waals surface area contributed by atoms with Crippen LogP contribution in [0.5, 0.6) is 0 Å². The molecule has 2 aliphatic heterocycles. The van der Waals surface area contributed by atoms with Crippen LogP contribution in [0, 0.1) is 11.3 Å². The molecule has 2 rings (SSSR count). The van der Waals surface area contributed by atoms with Gasteiger partial charge in [0.2, 0.25) is 5.91 Å². The van der Waals surface area contributed by atoms with Gasteiger partial charge >= 0.3 is 0 Å². The summed E-state index contributed by atoms with van der Waals surface area (Å²) in [6, 6.07) is 0.691. The smallest absolute Gasteiger partial charge is 0.228 e. The second kappa shape index (κ2) is 6.44. The fraction of sp³-hybridized carbons (Fsp3) is 0.938. The average molecular weight is 281 g/mol. The van der Waals surface area contributed by atoms with E-state index in [-0.39, 0.29) is 5.41 Å². The van der Waals surface area contributed by atoms with E-state index >= 15 is 0 Å². The number of hydrogen-bond donors (Lipinski definition) is 1. The second-order valence-corrected chi connectivity index (χ2v) is 7.46. The number of nitrogens with one attached hydrogen (secondary N) is 1. The highest BCUT2D eigenvalue weighted by atomic mass is 16.2. The minimum absolute atomic E-state index is 0.217. The highest BCUT2D eigenvalue weighted by Crippen LogP contribution is 2.28. The normalized spacial score (nSPS) is 25.4. The molecule has 0 aliphatic carbocycles. The maximum Gasteiger partial charge on any atom is 0.228 e. The molecule has 1 amide bonds. The van der Waals surface area contributed by atoms with Crippen LogP contribution in [-0.2, 0) is 4.79 Å². The molecule has 0 spiro atoms. The summed E-state index contributed by atoms with van der Waals surface area (Å²) in [7, 11) is 0. The maximum absolute atomic E-state index is 12.7. The number of carbonyl (C=O) groups excluding carboxylic acids is 1. The standard InChI is InChI=1S/C16H31N3O/c1-13(2)11-16(3,4)15(20)19-9-7-18(8-10-19)14-5-6-17-12-14/h13-14,17H,5-12H2,1-4H3. The van der Waals surface area contributed by atoms with Gasteiger partial charge in [0, 0.05) is 44.2 Å². The van der Waals surface area contributed by atoms with Crippen LogP contribution in [0.25, 0.3) is 0 Å². The Hall–Kier alpha value is -0.610. The molecule has 2 heterocycles. The van der Waals surface area contributed by atoms with Gasteiger partial charge in [-0.05, 0) is 25.3 Å². The Bertz CT molecular complexity index is 327. The number of rotatable bonds is 4. The molecule has 2 aliphatic rings.